The Hall–Kier alpha value is -2.82. The third kappa shape index (κ3) is 3.11. The lowest BCUT2D eigenvalue weighted by Crippen LogP contribution is -2.34. The molecule has 3 rings (SSSR count). The molecule has 1 heterocycles. The van der Waals surface area contributed by atoms with Gasteiger partial charge in [-0.3, -0.25) is 9.59 Å². The summed E-state index contributed by atoms with van der Waals surface area (Å²) in [5.74, 6) is 0.279. The van der Waals surface area contributed by atoms with Crippen molar-refractivity contribution >= 4 is 23.2 Å². The van der Waals surface area contributed by atoms with Crippen molar-refractivity contribution in [2.45, 2.75) is 26.3 Å². The molecule has 124 valence electrons. The first-order valence-electron chi connectivity index (χ1n) is 7.83. The maximum absolute atomic E-state index is 12.7. The van der Waals surface area contributed by atoms with Crippen LogP contribution in [-0.4, -0.2) is 25.0 Å². The maximum Gasteiger partial charge on any atom is 0.256 e. The van der Waals surface area contributed by atoms with Gasteiger partial charge < -0.3 is 10.1 Å². The van der Waals surface area contributed by atoms with Crippen LogP contribution in [0.4, 0.5) is 11.4 Å². The quantitative estimate of drug-likeness (QED) is 0.878. The molecule has 2 amide bonds. The molecule has 5 nitrogen and oxygen atoms in total. The monoisotopic (exact) mass is 324 g/mol. The molecular formula is C19H20N2O3. The summed E-state index contributed by atoms with van der Waals surface area (Å²) in [4.78, 5) is 26.4. The van der Waals surface area contributed by atoms with Crippen LogP contribution in [0.2, 0.25) is 0 Å². The fourth-order valence-corrected chi connectivity index (χ4v) is 3.01. The van der Waals surface area contributed by atoms with Crippen LogP contribution in [-0.2, 0) is 9.59 Å². The molecular weight excluding hydrogens is 304 g/mol. The lowest BCUT2D eigenvalue weighted by Gasteiger charge is -2.17. The zero-order valence-electron chi connectivity index (χ0n) is 14.0. The van der Waals surface area contributed by atoms with Gasteiger partial charge in [-0.1, -0.05) is 12.1 Å². The zero-order chi connectivity index (χ0) is 17.3. The standard InChI is InChI=1S/C19H20N2O3/c1-12-7-13(2)9-15(8-12)21-18(22)11-17(19(21)23)20-14-5-4-6-16(10-14)24-3/h4-10,17,20H,11H2,1-3H3. The summed E-state index contributed by atoms with van der Waals surface area (Å²) in [6.45, 7) is 3.90. The number of aryl methyl sites for hydroxylation is 2. The van der Waals surface area contributed by atoms with Crippen molar-refractivity contribution in [1.82, 2.24) is 0 Å². The molecule has 1 atom stereocenters. The average molecular weight is 324 g/mol. The van der Waals surface area contributed by atoms with Crippen LogP contribution in [0.25, 0.3) is 0 Å². The van der Waals surface area contributed by atoms with Crippen molar-refractivity contribution in [3.8, 4) is 5.75 Å². The molecule has 2 aromatic rings. The van der Waals surface area contributed by atoms with Gasteiger partial charge in [0.2, 0.25) is 5.91 Å². The van der Waals surface area contributed by atoms with Gasteiger partial charge in [0.05, 0.1) is 19.2 Å². The molecule has 1 fully saturated rings. The van der Waals surface area contributed by atoms with Crippen molar-refractivity contribution in [1.29, 1.82) is 0 Å². The number of amides is 2. The summed E-state index contributed by atoms with van der Waals surface area (Å²) >= 11 is 0. The number of benzene rings is 2. The van der Waals surface area contributed by atoms with Gasteiger partial charge in [-0.15, -0.1) is 0 Å². The number of nitrogens with zero attached hydrogens (tertiary/aromatic N) is 1. The van der Waals surface area contributed by atoms with Gasteiger partial charge in [-0.2, -0.15) is 0 Å². The molecule has 0 radical (unpaired) electrons. The first kappa shape index (κ1) is 16.1. The van der Waals surface area contributed by atoms with Crippen LogP contribution in [0.5, 0.6) is 5.75 Å². The van der Waals surface area contributed by atoms with E-state index in [1.54, 1.807) is 13.2 Å². The SMILES string of the molecule is COc1cccc(NC2CC(=O)N(c3cc(C)cc(C)c3)C2=O)c1. The number of ether oxygens (including phenoxy) is 1. The van der Waals surface area contributed by atoms with Crippen LogP contribution in [0.15, 0.2) is 42.5 Å². The minimum absolute atomic E-state index is 0.142. The van der Waals surface area contributed by atoms with E-state index >= 15 is 0 Å². The first-order valence-corrected chi connectivity index (χ1v) is 7.83. The highest BCUT2D eigenvalue weighted by Crippen LogP contribution is 2.27. The lowest BCUT2D eigenvalue weighted by atomic mass is 10.1. The van der Waals surface area contributed by atoms with Crippen LogP contribution < -0.4 is 15.0 Å². The molecule has 0 saturated carbocycles. The van der Waals surface area contributed by atoms with Gasteiger partial charge in [0, 0.05) is 11.8 Å². The Balaban J connectivity index is 1.83. The highest BCUT2D eigenvalue weighted by Gasteiger charge is 2.39. The number of anilines is 2. The van der Waals surface area contributed by atoms with Gasteiger partial charge in [-0.25, -0.2) is 4.90 Å². The molecule has 0 aliphatic carbocycles. The molecule has 5 heteroatoms. The second-order valence-electron chi connectivity index (χ2n) is 6.05. The highest BCUT2D eigenvalue weighted by molar-refractivity contribution is 6.23. The minimum atomic E-state index is -0.564. The molecule has 1 aliphatic rings. The molecule has 2 aromatic carbocycles. The molecule has 1 saturated heterocycles. The van der Waals surface area contributed by atoms with E-state index < -0.39 is 6.04 Å². The number of imide groups is 1. The molecule has 0 bridgehead atoms. The molecule has 24 heavy (non-hydrogen) atoms. The van der Waals surface area contributed by atoms with Crippen molar-refractivity contribution < 1.29 is 14.3 Å². The summed E-state index contributed by atoms with van der Waals surface area (Å²) < 4.78 is 5.18. The Kier molecular flexibility index (Phi) is 4.25. The number of methoxy groups -OCH3 is 1. The summed E-state index contributed by atoms with van der Waals surface area (Å²) in [6.07, 6.45) is 0.142. The Morgan fingerprint density at radius 2 is 1.79 bits per heavy atom. The number of hydrogen-bond acceptors (Lipinski definition) is 4. The second-order valence-corrected chi connectivity index (χ2v) is 6.05. The largest absolute Gasteiger partial charge is 0.497 e. The molecule has 1 N–H and O–H groups in total. The molecule has 0 spiro atoms. The smallest absolute Gasteiger partial charge is 0.256 e. The maximum atomic E-state index is 12.7. The summed E-state index contributed by atoms with van der Waals surface area (Å²) in [5.41, 5.74) is 3.44. The summed E-state index contributed by atoms with van der Waals surface area (Å²) in [6, 6.07) is 12.5. The third-order valence-electron chi connectivity index (χ3n) is 4.02. The fourth-order valence-electron chi connectivity index (χ4n) is 3.01. The van der Waals surface area contributed by atoms with E-state index in [1.165, 1.54) is 4.90 Å². The first-order chi connectivity index (χ1) is 11.5. The van der Waals surface area contributed by atoms with Crippen LogP contribution in [0.1, 0.15) is 17.5 Å². The number of nitrogens with one attached hydrogen (secondary N) is 1. The zero-order valence-corrected chi connectivity index (χ0v) is 14.0. The van der Waals surface area contributed by atoms with E-state index in [2.05, 4.69) is 5.32 Å². The van der Waals surface area contributed by atoms with E-state index in [-0.39, 0.29) is 18.2 Å². The molecule has 1 aliphatic heterocycles. The van der Waals surface area contributed by atoms with Crippen molar-refractivity contribution in [2.24, 2.45) is 0 Å². The minimum Gasteiger partial charge on any atom is -0.497 e. The van der Waals surface area contributed by atoms with Gasteiger partial charge in [0.1, 0.15) is 11.8 Å². The number of carbonyl (C=O) groups is 2. The normalized spacial score (nSPS) is 17.3. The van der Waals surface area contributed by atoms with Gasteiger partial charge in [0.15, 0.2) is 0 Å². The Bertz CT molecular complexity index is 781. The highest BCUT2D eigenvalue weighted by atomic mass is 16.5. The third-order valence-corrected chi connectivity index (χ3v) is 4.02. The molecule has 0 aromatic heterocycles. The Morgan fingerprint density at radius 1 is 1.08 bits per heavy atom. The van der Waals surface area contributed by atoms with E-state index in [1.807, 2.05) is 50.2 Å². The lowest BCUT2D eigenvalue weighted by molar-refractivity contribution is -0.121. The fraction of sp³-hybridized carbons (Fsp3) is 0.263. The topological polar surface area (TPSA) is 58.6 Å². The summed E-state index contributed by atoms with van der Waals surface area (Å²) in [5, 5.41) is 3.13. The van der Waals surface area contributed by atoms with Gasteiger partial charge in [0.25, 0.3) is 5.91 Å². The van der Waals surface area contributed by atoms with Gasteiger partial charge >= 0.3 is 0 Å². The van der Waals surface area contributed by atoms with Crippen molar-refractivity contribution in [3.63, 3.8) is 0 Å². The van der Waals surface area contributed by atoms with Crippen molar-refractivity contribution in [3.05, 3.63) is 53.6 Å². The van der Waals surface area contributed by atoms with Crippen LogP contribution in [0.3, 0.4) is 0 Å². The average Bonchev–Trinajstić information content (AvgIpc) is 2.80. The predicted octanol–water partition coefficient (Wildman–Crippen LogP) is 3.06. The summed E-state index contributed by atoms with van der Waals surface area (Å²) in [7, 11) is 1.59. The second kappa shape index (κ2) is 6.35. The number of carbonyl (C=O) groups excluding carboxylic acids is 2. The number of rotatable bonds is 4. The van der Waals surface area contributed by atoms with E-state index in [4.69, 9.17) is 4.74 Å². The molecule has 1 unspecified atom stereocenters. The van der Waals surface area contributed by atoms with E-state index in [0.29, 0.717) is 11.4 Å². The van der Waals surface area contributed by atoms with Crippen LogP contribution >= 0.6 is 0 Å². The van der Waals surface area contributed by atoms with E-state index in [9.17, 15) is 9.59 Å². The predicted molar refractivity (Wildman–Crippen MR) is 93.4 cm³/mol. The Morgan fingerprint density at radius 3 is 2.46 bits per heavy atom. The van der Waals surface area contributed by atoms with Crippen molar-refractivity contribution in [2.75, 3.05) is 17.3 Å². The number of hydrogen-bond donors (Lipinski definition) is 1. The van der Waals surface area contributed by atoms with E-state index in [0.717, 1.165) is 16.8 Å². The van der Waals surface area contributed by atoms with Gasteiger partial charge in [-0.05, 0) is 49.2 Å². The Labute approximate surface area is 141 Å². The van der Waals surface area contributed by atoms with Crippen LogP contribution in [0, 0.1) is 13.8 Å².